The van der Waals surface area contributed by atoms with Crippen LogP contribution in [0.4, 0.5) is 17.6 Å². The Kier molecular flexibility index (Phi) is 6.06. The number of nitrogens with two attached hydrogens (primary N) is 1. The zero-order valence-electron chi connectivity index (χ0n) is 20.3. The van der Waals surface area contributed by atoms with E-state index in [2.05, 4.69) is 20.3 Å². The molecule has 1 unspecified atom stereocenters. The average Bonchev–Trinajstić information content (AvgIpc) is 3.52. The second-order valence-corrected chi connectivity index (χ2v) is 9.36. The highest BCUT2D eigenvalue weighted by Gasteiger charge is 2.57. The maximum Gasteiger partial charge on any atom is 0.424 e. The van der Waals surface area contributed by atoms with Crippen LogP contribution in [0.15, 0.2) is 54.9 Å². The minimum absolute atomic E-state index is 0.0122. The molecule has 0 aliphatic carbocycles. The first-order valence-corrected chi connectivity index (χ1v) is 11.6. The molecule has 4 aromatic rings. The number of aromatic amines is 1. The topological polar surface area (TPSA) is 143 Å². The summed E-state index contributed by atoms with van der Waals surface area (Å²) in [4.78, 5) is 36.1. The van der Waals surface area contributed by atoms with Gasteiger partial charge in [-0.1, -0.05) is 0 Å². The number of benzene rings is 1. The number of rotatable bonds is 6. The van der Waals surface area contributed by atoms with E-state index in [9.17, 15) is 32.3 Å². The number of primary amides is 1. The van der Waals surface area contributed by atoms with Gasteiger partial charge in [-0.15, -0.1) is 0 Å². The normalized spacial score (nSPS) is 18.3. The van der Waals surface area contributed by atoms with E-state index in [0.717, 1.165) is 18.2 Å². The molecule has 202 valence electrons. The fraction of sp³-hybridized carbons (Fsp3) is 0.231. The zero-order valence-corrected chi connectivity index (χ0v) is 20.3. The van der Waals surface area contributed by atoms with E-state index in [0.29, 0.717) is 11.0 Å². The summed E-state index contributed by atoms with van der Waals surface area (Å²) in [6.45, 7) is -0.214. The summed E-state index contributed by atoms with van der Waals surface area (Å²) in [5.74, 6) is -2.40. The van der Waals surface area contributed by atoms with E-state index in [4.69, 9.17) is 10.5 Å². The molecule has 5 N–H and O–H groups in total. The third-order valence-corrected chi connectivity index (χ3v) is 6.83. The summed E-state index contributed by atoms with van der Waals surface area (Å²) in [5.41, 5.74) is 0.110. The lowest BCUT2D eigenvalue weighted by atomic mass is 9.81. The van der Waals surface area contributed by atoms with Crippen LogP contribution in [0.3, 0.4) is 0 Å². The Balaban J connectivity index is 1.62. The van der Waals surface area contributed by atoms with Crippen molar-refractivity contribution in [3.8, 4) is 17.0 Å². The molecule has 0 saturated carbocycles. The summed E-state index contributed by atoms with van der Waals surface area (Å²) < 4.78 is 62.7. The molecule has 0 bridgehead atoms. The van der Waals surface area contributed by atoms with E-state index in [1.807, 2.05) is 0 Å². The molecule has 0 saturated heterocycles. The number of nitrogens with zero attached hydrogens (tertiary/aromatic N) is 2. The van der Waals surface area contributed by atoms with Crippen LogP contribution in [0, 0.1) is 5.82 Å². The van der Waals surface area contributed by atoms with Gasteiger partial charge in [0, 0.05) is 23.5 Å². The van der Waals surface area contributed by atoms with Crippen molar-refractivity contribution in [3.05, 3.63) is 77.5 Å². The molecule has 1 aliphatic heterocycles. The molecule has 39 heavy (non-hydrogen) atoms. The van der Waals surface area contributed by atoms with Crippen molar-refractivity contribution in [1.82, 2.24) is 20.3 Å². The van der Waals surface area contributed by atoms with Gasteiger partial charge in [0.05, 0.1) is 28.8 Å². The van der Waals surface area contributed by atoms with Gasteiger partial charge in [-0.25, -0.2) is 9.37 Å². The number of alkyl halides is 3. The van der Waals surface area contributed by atoms with Gasteiger partial charge >= 0.3 is 6.18 Å². The maximum absolute atomic E-state index is 14.5. The molecule has 0 radical (unpaired) electrons. The highest BCUT2D eigenvalue weighted by Crippen LogP contribution is 2.47. The number of aliphatic hydroxyl groups is 1. The average molecular weight is 543 g/mol. The van der Waals surface area contributed by atoms with Crippen LogP contribution in [-0.2, 0) is 15.8 Å². The Bertz CT molecular complexity index is 1600. The minimum Gasteiger partial charge on any atom is -0.489 e. The molecule has 5 rings (SSSR count). The van der Waals surface area contributed by atoms with E-state index in [1.165, 1.54) is 37.5 Å². The van der Waals surface area contributed by atoms with Crippen LogP contribution < -0.4 is 15.8 Å². The van der Waals surface area contributed by atoms with Gasteiger partial charge in [0.1, 0.15) is 29.3 Å². The van der Waals surface area contributed by atoms with Crippen LogP contribution in [0.2, 0.25) is 0 Å². The van der Waals surface area contributed by atoms with Crippen LogP contribution in [0.25, 0.3) is 22.3 Å². The van der Waals surface area contributed by atoms with Gasteiger partial charge in [0.2, 0.25) is 11.5 Å². The van der Waals surface area contributed by atoms with Crippen LogP contribution in [0.5, 0.6) is 5.75 Å². The van der Waals surface area contributed by atoms with Crippen molar-refractivity contribution in [3.63, 3.8) is 0 Å². The number of halogens is 4. The molecule has 2 atom stereocenters. The summed E-state index contributed by atoms with van der Waals surface area (Å²) >= 11 is 0. The van der Waals surface area contributed by atoms with Crippen molar-refractivity contribution in [2.24, 2.45) is 5.73 Å². The number of hydrogen-bond donors (Lipinski definition) is 4. The van der Waals surface area contributed by atoms with Crippen LogP contribution >= 0.6 is 0 Å². The second-order valence-electron chi connectivity index (χ2n) is 9.36. The van der Waals surface area contributed by atoms with Crippen LogP contribution in [0.1, 0.15) is 28.5 Å². The van der Waals surface area contributed by atoms with Crippen molar-refractivity contribution in [2.45, 2.75) is 24.1 Å². The summed E-state index contributed by atoms with van der Waals surface area (Å²) in [6.07, 6.45) is -2.49. The summed E-state index contributed by atoms with van der Waals surface area (Å²) in [6, 6.07) is 8.48. The highest BCUT2D eigenvalue weighted by atomic mass is 19.4. The molecule has 2 amide bonds. The first-order chi connectivity index (χ1) is 18.3. The van der Waals surface area contributed by atoms with Crippen LogP contribution in [-0.4, -0.2) is 51.2 Å². The fourth-order valence-corrected chi connectivity index (χ4v) is 4.39. The van der Waals surface area contributed by atoms with Gasteiger partial charge in [-0.05, 0) is 49.4 Å². The second kappa shape index (κ2) is 9.05. The molecule has 4 heterocycles. The lowest BCUT2D eigenvalue weighted by Crippen LogP contribution is -2.51. The molecule has 9 nitrogen and oxygen atoms in total. The maximum atomic E-state index is 14.5. The Labute approximate surface area is 218 Å². The van der Waals surface area contributed by atoms with E-state index < -0.39 is 47.1 Å². The van der Waals surface area contributed by atoms with Crippen molar-refractivity contribution >= 4 is 22.8 Å². The largest absolute Gasteiger partial charge is 0.489 e. The van der Waals surface area contributed by atoms with E-state index >= 15 is 0 Å². The Morgan fingerprint density at radius 2 is 1.92 bits per heavy atom. The van der Waals surface area contributed by atoms with Crippen molar-refractivity contribution in [1.29, 1.82) is 0 Å². The van der Waals surface area contributed by atoms with E-state index in [1.54, 1.807) is 6.07 Å². The first kappa shape index (κ1) is 26.1. The number of amides is 2. The first-order valence-electron chi connectivity index (χ1n) is 11.6. The highest BCUT2D eigenvalue weighted by molar-refractivity contribution is 6.04. The quantitative estimate of drug-likeness (QED) is 0.275. The number of aromatic nitrogens is 3. The Hall–Kier alpha value is -4.52. The number of hydrogen-bond acceptors (Lipinski definition) is 6. The van der Waals surface area contributed by atoms with Gasteiger partial charge in [-0.2, -0.15) is 13.2 Å². The number of carbonyl (C=O) groups is 2. The minimum atomic E-state index is -5.33. The smallest absolute Gasteiger partial charge is 0.424 e. The monoisotopic (exact) mass is 543 g/mol. The van der Waals surface area contributed by atoms with Gasteiger partial charge in [0.15, 0.2) is 0 Å². The van der Waals surface area contributed by atoms with Crippen molar-refractivity contribution < 1.29 is 37.0 Å². The molecular formula is C26H21F4N5O4. The molecule has 0 spiro atoms. The predicted octanol–water partition coefficient (Wildman–Crippen LogP) is 3.08. The molecule has 13 heteroatoms. The van der Waals surface area contributed by atoms with E-state index in [-0.39, 0.29) is 34.7 Å². The molecule has 3 aromatic heterocycles. The van der Waals surface area contributed by atoms with Gasteiger partial charge < -0.3 is 25.9 Å². The third-order valence-electron chi connectivity index (χ3n) is 6.83. The number of nitrogens with one attached hydrogen (secondary N) is 2. The number of pyridine rings is 2. The molecule has 0 fully saturated rings. The number of fused-ring (bicyclic) bond motifs is 2. The lowest BCUT2D eigenvalue weighted by molar-refractivity contribution is -0.265. The summed E-state index contributed by atoms with van der Waals surface area (Å²) in [7, 11) is 0. The van der Waals surface area contributed by atoms with Crippen molar-refractivity contribution in [2.75, 3.05) is 13.2 Å². The summed E-state index contributed by atoms with van der Waals surface area (Å²) in [5, 5.41) is 13.2. The molecular weight excluding hydrogens is 522 g/mol. The SMILES string of the molecule is C[C@]1(C(N)=O)COc2c1cc(C(O)(CNC(=O)c1ccnc3cc[nH]c13)C(F)(F)F)nc2-c1ccc(F)cc1. The number of ether oxygens (including phenoxy) is 1. The Morgan fingerprint density at radius 1 is 1.21 bits per heavy atom. The van der Waals surface area contributed by atoms with Gasteiger partial charge in [-0.3, -0.25) is 14.6 Å². The standard InChI is InChI=1S/C26H21F4N5O4/c1-24(23(31)37)12-39-21-16(24)10-18(35-19(21)13-2-4-14(27)5-3-13)25(38,26(28,29)30)11-34-22(36)15-6-8-32-17-7-9-33-20(15)17/h2-10,33,38H,11-12H2,1H3,(H2,31,37)(H,34,36)/t24-,25?/m0/s1. The Morgan fingerprint density at radius 3 is 2.59 bits per heavy atom. The third kappa shape index (κ3) is 4.24. The predicted molar refractivity (Wildman–Crippen MR) is 130 cm³/mol. The lowest BCUT2D eigenvalue weighted by Gasteiger charge is -2.31. The number of H-pyrrole nitrogens is 1. The molecule has 1 aromatic carbocycles. The van der Waals surface area contributed by atoms with Gasteiger partial charge in [0.25, 0.3) is 5.91 Å². The molecule has 1 aliphatic rings. The fourth-order valence-electron chi connectivity index (χ4n) is 4.39. The zero-order chi connectivity index (χ0) is 28.2. The number of carbonyl (C=O) groups excluding carboxylic acids is 2.